The van der Waals surface area contributed by atoms with E-state index in [0.717, 1.165) is 17.7 Å². The van der Waals surface area contributed by atoms with Crippen LogP contribution in [0.2, 0.25) is 0 Å². The first kappa shape index (κ1) is 16.2. The van der Waals surface area contributed by atoms with Crippen LogP contribution in [0.15, 0.2) is 104 Å². The number of benzene rings is 2. The average molecular weight is 336 g/mol. The summed E-state index contributed by atoms with van der Waals surface area (Å²) in [5.74, 6) is 0.204. The second-order valence-electron chi connectivity index (χ2n) is 6.34. The molecule has 0 spiro atoms. The molecule has 0 saturated carbocycles. The summed E-state index contributed by atoms with van der Waals surface area (Å²) in [7, 11) is 0. The van der Waals surface area contributed by atoms with Gasteiger partial charge in [-0.15, -0.1) is 0 Å². The Bertz CT molecular complexity index is 951. The molecule has 126 valence electrons. The number of pyridine rings is 2. The highest BCUT2D eigenvalue weighted by Gasteiger charge is 2.20. The van der Waals surface area contributed by atoms with Crippen molar-refractivity contribution in [2.45, 2.75) is 12.3 Å². The van der Waals surface area contributed by atoms with Gasteiger partial charge in [0.2, 0.25) is 0 Å². The van der Waals surface area contributed by atoms with Crippen LogP contribution >= 0.6 is 0 Å². The topological polar surface area (TPSA) is 25.8 Å². The molecule has 0 radical (unpaired) electrons. The molecule has 2 aromatic carbocycles. The molecule has 4 aromatic rings. The van der Waals surface area contributed by atoms with Gasteiger partial charge in [-0.05, 0) is 35.2 Å². The summed E-state index contributed by atoms with van der Waals surface area (Å²) in [5, 5.41) is 0. The molecule has 4 rings (SSSR count). The van der Waals surface area contributed by atoms with Crippen molar-refractivity contribution >= 4 is 0 Å². The van der Waals surface area contributed by atoms with Crippen molar-refractivity contribution in [3.05, 3.63) is 120 Å². The van der Waals surface area contributed by atoms with Crippen LogP contribution in [-0.4, -0.2) is 9.97 Å². The predicted molar refractivity (Wildman–Crippen MR) is 106 cm³/mol. The van der Waals surface area contributed by atoms with E-state index in [0.29, 0.717) is 0 Å². The van der Waals surface area contributed by atoms with Crippen LogP contribution < -0.4 is 0 Å². The Morgan fingerprint density at radius 1 is 0.692 bits per heavy atom. The summed E-state index contributed by atoms with van der Waals surface area (Å²) in [6.45, 7) is 0. The van der Waals surface area contributed by atoms with Crippen LogP contribution in [0.4, 0.5) is 0 Å². The van der Waals surface area contributed by atoms with Gasteiger partial charge in [0.15, 0.2) is 0 Å². The minimum absolute atomic E-state index is 0.204. The van der Waals surface area contributed by atoms with Gasteiger partial charge in [-0.2, -0.15) is 0 Å². The summed E-state index contributed by atoms with van der Waals surface area (Å²) in [6.07, 6.45) is 6.58. The summed E-state index contributed by atoms with van der Waals surface area (Å²) in [5.41, 5.74) is 5.93. The molecule has 0 aliphatic carbocycles. The molecule has 0 aliphatic rings. The predicted octanol–water partition coefficient (Wildman–Crippen LogP) is 5.52. The lowest BCUT2D eigenvalue weighted by Gasteiger charge is -2.20. The van der Waals surface area contributed by atoms with Crippen molar-refractivity contribution in [1.82, 2.24) is 9.97 Å². The highest BCUT2D eigenvalue weighted by atomic mass is 14.7. The number of nitrogens with zero attached hydrogens (tertiary/aromatic N) is 2. The molecule has 2 nitrogen and oxygen atoms in total. The van der Waals surface area contributed by atoms with Gasteiger partial charge < -0.3 is 0 Å². The molecule has 0 bridgehead atoms. The fourth-order valence-corrected chi connectivity index (χ4v) is 3.38. The van der Waals surface area contributed by atoms with Crippen molar-refractivity contribution in [3.8, 4) is 11.3 Å². The number of rotatable bonds is 5. The quantitative estimate of drug-likeness (QED) is 0.480. The van der Waals surface area contributed by atoms with Gasteiger partial charge in [0.1, 0.15) is 0 Å². The Hall–Kier alpha value is -3.26. The summed E-state index contributed by atoms with van der Waals surface area (Å²) >= 11 is 0. The second-order valence-corrected chi connectivity index (χ2v) is 6.34. The minimum atomic E-state index is 0.204. The van der Waals surface area contributed by atoms with Crippen molar-refractivity contribution in [2.24, 2.45) is 0 Å². The third kappa shape index (κ3) is 3.55. The largest absolute Gasteiger partial charge is 0.264 e. The lowest BCUT2D eigenvalue weighted by molar-refractivity contribution is 0.797. The van der Waals surface area contributed by atoms with E-state index in [1.165, 1.54) is 16.7 Å². The van der Waals surface area contributed by atoms with Crippen LogP contribution in [-0.2, 0) is 6.42 Å². The van der Waals surface area contributed by atoms with E-state index in [-0.39, 0.29) is 5.92 Å². The van der Waals surface area contributed by atoms with Crippen LogP contribution in [0, 0.1) is 0 Å². The van der Waals surface area contributed by atoms with Gasteiger partial charge in [-0.25, -0.2) is 0 Å². The maximum atomic E-state index is 4.72. The molecule has 1 atom stereocenters. The van der Waals surface area contributed by atoms with E-state index in [1.54, 1.807) is 0 Å². The molecule has 2 heterocycles. The second kappa shape index (κ2) is 7.75. The molecule has 0 N–H and O–H groups in total. The van der Waals surface area contributed by atoms with Gasteiger partial charge in [0.25, 0.3) is 0 Å². The van der Waals surface area contributed by atoms with Gasteiger partial charge in [-0.1, -0.05) is 72.8 Å². The van der Waals surface area contributed by atoms with E-state index in [4.69, 9.17) is 4.98 Å². The van der Waals surface area contributed by atoms with E-state index >= 15 is 0 Å². The molecule has 0 saturated heterocycles. The molecule has 2 aromatic heterocycles. The normalized spacial score (nSPS) is 11.8. The standard InChI is InChI=1S/C24H20N2/c1-3-9-19(10-4-1)17-23(21-13-7-15-25-18-21)22-14-8-16-26-24(22)20-11-5-2-6-12-20/h1-16,18,23H,17H2. The highest BCUT2D eigenvalue weighted by Crippen LogP contribution is 2.34. The zero-order chi connectivity index (χ0) is 17.6. The third-order valence-electron chi connectivity index (χ3n) is 4.63. The molecule has 26 heavy (non-hydrogen) atoms. The fourth-order valence-electron chi connectivity index (χ4n) is 3.38. The smallest absolute Gasteiger partial charge is 0.0740 e. The monoisotopic (exact) mass is 336 g/mol. The van der Waals surface area contributed by atoms with Crippen LogP contribution in [0.3, 0.4) is 0 Å². The molecule has 0 aliphatic heterocycles. The van der Waals surface area contributed by atoms with Crippen molar-refractivity contribution in [1.29, 1.82) is 0 Å². The zero-order valence-corrected chi connectivity index (χ0v) is 14.5. The Morgan fingerprint density at radius 3 is 2.15 bits per heavy atom. The first-order valence-electron chi connectivity index (χ1n) is 8.86. The van der Waals surface area contributed by atoms with E-state index in [9.17, 15) is 0 Å². The maximum Gasteiger partial charge on any atom is 0.0740 e. The Labute approximate surface area is 154 Å². The Kier molecular flexibility index (Phi) is 4.83. The fraction of sp³-hybridized carbons (Fsp3) is 0.0833. The minimum Gasteiger partial charge on any atom is -0.264 e. The van der Waals surface area contributed by atoms with Gasteiger partial charge in [0, 0.05) is 30.1 Å². The van der Waals surface area contributed by atoms with E-state index in [2.05, 4.69) is 71.7 Å². The number of hydrogen-bond acceptors (Lipinski definition) is 2. The number of hydrogen-bond donors (Lipinski definition) is 0. The lowest BCUT2D eigenvalue weighted by Crippen LogP contribution is -2.08. The summed E-state index contributed by atoms with van der Waals surface area (Å²) < 4.78 is 0. The van der Waals surface area contributed by atoms with Gasteiger partial charge in [-0.3, -0.25) is 9.97 Å². The zero-order valence-electron chi connectivity index (χ0n) is 14.5. The van der Waals surface area contributed by atoms with E-state index in [1.807, 2.05) is 36.8 Å². The first-order valence-corrected chi connectivity index (χ1v) is 8.86. The number of aromatic nitrogens is 2. The maximum absolute atomic E-state index is 4.72. The van der Waals surface area contributed by atoms with Crippen LogP contribution in [0.25, 0.3) is 11.3 Å². The third-order valence-corrected chi connectivity index (χ3v) is 4.63. The molecule has 1 unspecified atom stereocenters. The summed E-state index contributed by atoms with van der Waals surface area (Å²) in [4.78, 5) is 9.07. The lowest BCUT2D eigenvalue weighted by atomic mass is 9.84. The molecular weight excluding hydrogens is 316 g/mol. The van der Waals surface area contributed by atoms with E-state index < -0.39 is 0 Å². The average Bonchev–Trinajstić information content (AvgIpc) is 2.74. The van der Waals surface area contributed by atoms with Gasteiger partial charge in [0.05, 0.1) is 5.69 Å². The first-order chi connectivity index (χ1) is 12.9. The van der Waals surface area contributed by atoms with Crippen LogP contribution in [0.1, 0.15) is 22.6 Å². The Balaban J connectivity index is 1.82. The summed E-state index contributed by atoms with van der Waals surface area (Å²) in [6, 6.07) is 29.4. The molecular formula is C24H20N2. The SMILES string of the molecule is c1ccc(CC(c2cccnc2)c2cccnc2-c2ccccc2)cc1. The highest BCUT2D eigenvalue weighted by molar-refractivity contribution is 5.64. The molecule has 2 heteroatoms. The van der Waals surface area contributed by atoms with Crippen molar-refractivity contribution < 1.29 is 0 Å². The van der Waals surface area contributed by atoms with Crippen molar-refractivity contribution in [3.63, 3.8) is 0 Å². The molecule has 0 fully saturated rings. The molecule has 0 amide bonds. The Morgan fingerprint density at radius 2 is 1.42 bits per heavy atom. The van der Waals surface area contributed by atoms with Crippen LogP contribution in [0.5, 0.6) is 0 Å². The van der Waals surface area contributed by atoms with Crippen molar-refractivity contribution in [2.75, 3.05) is 0 Å². The van der Waals surface area contributed by atoms with Gasteiger partial charge >= 0.3 is 0 Å².